The molecule has 3 fully saturated rings. The Hall–Kier alpha value is -1.03. The summed E-state index contributed by atoms with van der Waals surface area (Å²) in [6.07, 6.45) is 14.9. The van der Waals surface area contributed by atoms with E-state index in [1.165, 1.54) is 68.2 Å². The zero-order valence-electron chi connectivity index (χ0n) is 23.8. The molecule has 0 aliphatic heterocycles. The number of anilines is 1. The molecule has 8 atom stereocenters. The Bertz CT molecular complexity index is 968. The first kappa shape index (κ1) is 26.6. The summed E-state index contributed by atoms with van der Waals surface area (Å²) in [7, 11) is 0. The number of thiophene rings is 1. The van der Waals surface area contributed by atoms with Gasteiger partial charge >= 0.3 is 5.97 Å². The Balaban J connectivity index is 1.35. The second-order valence-corrected chi connectivity index (χ2v) is 15.1. The third-order valence-electron chi connectivity index (χ3n) is 11.8. The minimum absolute atomic E-state index is 0.228. The Morgan fingerprint density at radius 3 is 2.53 bits per heavy atom. The van der Waals surface area contributed by atoms with Gasteiger partial charge in [-0.15, -0.1) is 11.3 Å². The number of rotatable bonds is 7. The van der Waals surface area contributed by atoms with Crippen molar-refractivity contribution in [2.24, 2.45) is 52.3 Å². The van der Waals surface area contributed by atoms with Crippen LogP contribution in [-0.2, 0) is 17.6 Å². The van der Waals surface area contributed by atoms with Crippen molar-refractivity contribution in [3.63, 3.8) is 0 Å². The van der Waals surface area contributed by atoms with E-state index in [4.69, 9.17) is 10.5 Å². The van der Waals surface area contributed by atoms with Crippen LogP contribution in [0.3, 0.4) is 0 Å². The van der Waals surface area contributed by atoms with E-state index < -0.39 is 0 Å². The largest absolute Gasteiger partial charge is 0.462 e. The fourth-order valence-electron chi connectivity index (χ4n) is 10.0. The molecule has 0 radical (unpaired) electrons. The van der Waals surface area contributed by atoms with Gasteiger partial charge in [0.05, 0.1) is 12.3 Å². The maximum Gasteiger partial charge on any atom is 0.350 e. The summed E-state index contributed by atoms with van der Waals surface area (Å²) in [5, 5.41) is 0. The van der Waals surface area contributed by atoms with Crippen LogP contribution in [0.4, 0.5) is 5.69 Å². The van der Waals surface area contributed by atoms with Crippen LogP contribution in [0.5, 0.6) is 0 Å². The number of hydrogen-bond acceptors (Lipinski definition) is 4. The van der Waals surface area contributed by atoms with Crippen LogP contribution in [0, 0.1) is 52.3 Å². The van der Waals surface area contributed by atoms with E-state index in [-0.39, 0.29) is 5.97 Å². The Morgan fingerprint density at radius 2 is 1.81 bits per heavy atom. The van der Waals surface area contributed by atoms with Gasteiger partial charge in [-0.25, -0.2) is 4.79 Å². The van der Waals surface area contributed by atoms with Crippen molar-refractivity contribution in [2.45, 2.75) is 112 Å². The second kappa shape index (κ2) is 9.93. The summed E-state index contributed by atoms with van der Waals surface area (Å²) in [5.41, 5.74) is 9.51. The number of carbonyl (C=O) groups is 1. The van der Waals surface area contributed by atoms with Crippen LogP contribution in [0.2, 0.25) is 0 Å². The molecule has 0 bridgehead atoms. The highest BCUT2D eigenvalue weighted by molar-refractivity contribution is 7.14. The van der Waals surface area contributed by atoms with Crippen molar-refractivity contribution in [1.29, 1.82) is 0 Å². The van der Waals surface area contributed by atoms with E-state index >= 15 is 0 Å². The molecule has 4 aliphatic carbocycles. The van der Waals surface area contributed by atoms with Crippen LogP contribution in [0.25, 0.3) is 0 Å². The lowest BCUT2D eigenvalue weighted by Gasteiger charge is -2.60. The minimum Gasteiger partial charge on any atom is -0.462 e. The van der Waals surface area contributed by atoms with E-state index in [1.807, 2.05) is 6.92 Å². The van der Waals surface area contributed by atoms with Gasteiger partial charge in [-0.2, -0.15) is 0 Å². The molecular weight excluding hydrogens is 462 g/mol. The molecule has 1 aromatic heterocycles. The van der Waals surface area contributed by atoms with Crippen molar-refractivity contribution in [2.75, 3.05) is 12.3 Å². The molecule has 4 aliphatic rings. The highest BCUT2D eigenvalue weighted by Gasteiger charge is 2.60. The SMILES string of the molecule is CCOC(=O)c1sc2c(c1N)C[C@@]1(C)[C@@H](CC[C@@H]3[C@@H]1CC[C@]1(C)[C@@H]([C@H](C)CCCC(C)C)CC[C@@H]31)C2. The van der Waals surface area contributed by atoms with Gasteiger partial charge in [-0.05, 0) is 116 Å². The predicted octanol–water partition coefficient (Wildman–Crippen LogP) is 8.54. The predicted molar refractivity (Wildman–Crippen MR) is 151 cm³/mol. The van der Waals surface area contributed by atoms with Gasteiger partial charge in [-0.1, -0.05) is 53.9 Å². The molecule has 1 aromatic rings. The quantitative estimate of drug-likeness (QED) is 0.372. The molecule has 3 nitrogen and oxygen atoms in total. The molecule has 5 rings (SSSR count). The topological polar surface area (TPSA) is 52.3 Å². The van der Waals surface area contributed by atoms with Gasteiger partial charge in [0.15, 0.2) is 0 Å². The van der Waals surface area contributed by atoms with Crippen LogP contribution in [-0.4, -0.2) is 12.6 Å². The maximum absolute atomic E-state index is 12.6. The molecule has 0 spiro atoms. The van der Waals surface area contributed by atoms with Crippen LogP contribution in [0.15, 0.2) is 0 Å². The number of fused-ring (bicyclic) bond motifs is 6. The third kappa shape index (κ3) is 4.26. The number of nitrogens with two attached hydrogens (primary N) is 1. The summed E-state index contributed by atoms with van der Waals surface area (Å²) in [4.78, 5) is 14.6. The van der Waals surface area contributed by atoms with Gasteiger partial charge in [-0.3, -0.25) is 0 Å². The first-order valence-electron chi connectivity index (χ1n) is 15.2. The molecule has 0 amide bonds. The van der Waals surface area contributed by atoms with Crippen molar-refractivity contribution in [1.82, 2.24) is 0 Å². The molecule has 0 aromatic carbocycles. The normalized spacial score (nSPS) is 38.1. The van der Waals surface area contributed by atoms with Gasteiger partial charge in [0.25, 0.3) is 0 Å². The summed E-state index contributed by atoms with van der Waals surface area (Å²) < 4.78 is 5.33. The standard InChI is InChI=1S/C32H51NO2S/c1-7-35-30(34)29-28(33)23-18-32(6)21(17-27(23)36-29)11-12-22-25-14-13-24(20(4)10-8-9-19(2)3)31(25,5)16-15-26(22)32/h19-22,24-26H,7-18,33H2,1-6H3/t20-,21+,22+,24-,25+,26+,31-,32+/m1/s1. The van der Waals surface area contributed by atoms with E-state index in [9.17, 15) is 4.79 Å². The number of hydrogen-bond donors (Lipinski definition) is 1. The lowest BCUT2D eigenvalue weighted by molar-refractivity contribution is -0.103. The molecule has 202 valence electrons. The Morgan fingerprint density at radius 1 is 1.06 bits per heavy atom. The van der Waals surface area contributed by atoms with Gasteiger partial charge in [0.1, 0.15) is 4.88 Å². The summed E-state index contributed by atoms with van der Waals surface area (Å²) >= 11 is 1.62. The fourth-order valence-corrected chi connectivity index (χ4v) is 11.2. The van der Waals surface area contributed by atoms with Gasteiger partial charge in [0, 0.05) is 4.88 Å². The highest BCUT2D eigenvalue weighted by atomic mass is 32.1. The molecule has 3 saturated carbocycles. The van der Waals surface area contributed by atoms with Crippen LogP contribution in [0.1, 0.15) is 119 Å². The summed E-state index contributed by atoms with van der Waals surface area (Å²) in [6.45, 7) is 14.9. The smallest absolute Gasteiger partial charge is 0.350 e. The molecular formula is C32H51NO2S. The minimum atomic E-state index is -0.228. The number of nitrogen functional groups attached to an aromatic ring is 1. The van der Waals surface area contributed by atoms with Crippen LogP contribution >= 0.6 is 11.3 Å². The lowest BCUT2D eigenvalue weighted by Crippen LogP contribution is -2.54. The summed E-state index contributed by atoms with van der Waals surface area (Å²) in [5.74, 6) is 5.71. The molecule has 2 N–H and O–H groups in total. The lowest BCUT2D eigenvalue weighted by atomic mass is 9.44. The van der Waals surface area contributed by atoms with Crippen molar-refractivity contribution >= 4 is 23.0 Å². The number of ether oxygens (including phenoxy) is 1. The fraction of sp³-hybridized carbons (Fsp3) is 0.844. The number of esters is 1. The average Bonchev–Trinajstić information content (AvgIpc) is 3.34. The van der Waals surface area contributed by atoms with Crippen molar-refractivity contribution in [3.05, 3.63) is 15.3 Å². The van der Waals surface area contributed by atoms with E-state index in [0.29, 0.717) is 22.3 Å². The zero-order chi connectivity index (χ0) is 25.8. The first-order chi connectivity index (χ1) is 17.1. The molecule has 36 heavy (non-hydrogen) atoms. The summed E-state index contributed by atoms with van der Waals surface area (Å²) in [6, 6.07) is 0. The second-order valence-electron chi connectivity index (χ2n) is 14.0. The van der Waals surface area contributed by atoms with Crippen molar-refractivity contribution < 1.29 is 9.53 Å². The first-order valence-corrected chi connectivity index (χ1v) is 16.0. The van der Waals surface area contributed by atoms with E-state index in [0.717, 1.165) is 60.0 Å². The maximum atomic E-state index is 12.6. The monoisotopic (exact) mass is 513 g/mol. The molecule has 1 heterocycles. The molecule has 4 heteroatoms. The zero-order valence-corrected chi connectivity index (χ0v) is 24.6. The van der Waals surface area contributed by atoms with Gasteiger partial charge in [0.2, 0.25) is 0 Å². The van der Waals surface area contributed by atoms with Crippen LogP contribution < -0.4 is 5.73 Å². The third-order valence-corrected chi connectivity index (χ3v) is 13.1. The molecule has 0 unspecified atom stereocenters. The van der Waals surface area contributed by atoms with E-state index in [1.54, 1.807) is 11.3 Å². The Kier molecular flexibility index (Phi) is 7.33. The highest BCUT2D eigenvalue weighted by Crippen LogP contribution is 2.68. The average molecular weight is 514 g/mol. The van der Waals surface area contributed by atoms with Gasteiger partial charge < -0.3 is 10.5 Å². The Labute approximate surface area is 224 Å². The van der Waals surface area contributed by atoms with E-state index in [2.05, 4.69) is 34.6 Å². The number of carbonyl (C=O) groups excluding carboxylic acids is 1. The van der Waals surface area contributed by atoms with Crippen molar-refractivity contribution in [3.8, 4) is 0 Å². The molecule has 0 saturated heterocycles.